The number of ether oxygens (including phenoxy) is 3. The molecule has 1 heterocycles. The summed E-state index contributed by atoms with van der Waals surface area (Å²) >= 11 is 0. The number of rotatable bonds is 7. The van der Waals surface area contributed by atoms with Crippen LogP contribution in [0, 0.1) is 11.7 Å². The number of halogens is 7. The van der Waals surface area contributed by atoms with E-state index in [0.29, 0.717) is 12.1 Å². The Labute approximate surface area is 203 Å². The number of alkyl halides is 6. The molecule has 2 aromatic rings. The molecule has 0 fully saturated rings. The quantitative estimate of drug-likeness (QED) is 0.500. The first kappa shape index (κ1) is 27.3. The molecule has 3 rings (SSSR count). The van der Waals surface area contributed by atoms with Crippen molar-refractivity contribution >= 4 is 18.0 Å². The van der Waals surface area contributed by atoms with Crippen molar-refractivity contribution in [2.75, 3.05) is 7.11 Å². The molecule has 1 atom stereocenters. The van der Waals surface area contributed by atoms with Crippen molar-refractivity contribution in [3.05, 3.63) is 59.2 Å². The van der Waals surface area contributed by atoms with Crippen molar-refractivity contribution in [1.82, 2.24) is 5.32 Å². The van der Waals surface area contributed by atoms with Gasteiger partial charge in [0.25, 0.3) is 5.91 Å². The van der Waals surface area contributed by atoms with Crippen molar-refractivity contribution < 1.29 is 54.5 Å². The molecule has 0 aromatic heterocycles. The van der Waals surface area contributed by atoms with Crippen LogP contribution in [0.1, 0.15) is 22.3 Å². The van der Waals surface area contributed by atoms with Crippen molar-refractivity contribution in [3.63, 3.8) is 0 Å². The lowest BCUT2D eigenvalue weighted by Gasteiger charge is -2.19. The molecule has 37 heavy (non-hydrogen) atoms. The highest BCUT2D eigenvalue weighted by Crippen LogP contribution is 2.40. The summed E-state index contributed by atoms with van der Waals surface area (Å²) in [5, 5.41) is 2.17. The van der Waals surface area contributed by atoms with Gasteiger partial charge in [-0.05, 0) is 24.3 Å². The van der Waals surface area contributed by atoms with Crippen LogP contribution in [0.3, 0.4) is 0 Å². The summed E-state index contributed by atoms with van der Waals surface area (Å²) in [7, 11) is 1.05. The zero-order valence-electron chi connectivity index (χ0n) is 18.5. The van der Waals surface area contributed by atoms with Crippen molar-refractivity contribution in [1.29, 1.82) is 0 Å². The summed E-state index contributed by atoms with van der Waals surface area (Å²) in [4.78, 5) is 28.0. The van der Waals surface area contributed by atoms with Crippen LogP contribution in [0.4, 0.5) is 30.7 Å². The van der Waals surface area contributed by atoms with E-state index in [4.69, 9.17) is 15.2 Å². The molecule has 0 saturated carbocycles. The average molecular weight is 535 g/mol. The van der Waals surface area contributed by atoms with Gasteiger partial charge < -0.3 is 25.3 Å². The van der Waals surface area contributed by atoms with Gasteiger partial charge in [0.15, 0.2) is 17.3 Å². The smallest absolute Gasteiger partial charge is 0.493 e. The fraction of sp³-hybridized carbons (Fsp3) is 0.227. The van der Waals surface area contributed by atoms with Crippen molar-refractivity contribution in [3.8, 4) is 23.0 Å². The van der Waals surface area contributed by atoms with Crippen LogP contribution in [0.5, 0.6) is 23.0 Å². The van der Waals surface area contributed by atoms with E-state index in [2.05, 4.69) is 15.0 Å². The number of nitrogens with one attached hydrogen (secondary N) is 1. The van der Waals surface area contributed by atoms with Crippen molar-refractivity contribution in [2.45, 2.75) is 19.0 Å². The van der Waals surface area contributed by atoms with E-state index < -0.39 is 58.7 Å². The fourth-order valence-corrected chi connectivity index (χ4v) is 3.17. The topological polar surface area (TPSA) is 112 Å². The number of benzene rings is 2. The Morgan fingerprint density at radius 3 is 2.32 bits per heavy atom. The highest BCUT2D eigenvalue weighted by Gasteiger charge is 2.38. The molecule has 2 amide bonds. The van der Waals surface area contributed by atoms with Gasteiger partial charge in [-0.1, -0.05) is 0 Å². The first-order chi connectivity index (χ1) is 17.2. The van der Waals surface area contributed by atoms with Crippen LogP contribution in [-0.2, 0) is 11.0 Å². The lowest BCUT2D eigenvalue weighted by Crippen LogP contribution is -2.32. The van der Waals surface area contributed by atoms with Gasteiger partial charge in [-0.25, -0.2) is 4.39 Å². The molecule has 0 radical (unpaired) electrons. The van der Waals surface area contributed by atoms with Gasteiger partial charge in [0.05, 0.1) is 18.6 Å². The van der Waals surface area contributed by atoms with E-state index in [1.54, 1.807) is 0 Å². The Balaban J connectivity index is 2.01. The van der Waals surface area contributed by atoms with E-state index >= 15 is 4.39 Å². The molecule has 2 aromatic carbocycles. The Kier molecular flexibility index (Phi) is 7.64. The third kappa shape index (κ3) is 6.68. The normalized spacial score (nSPS) is 15.6. The number of carbonyl (C=O) groups excluding carboxylic acids is 2. The molecule has 0 saturated heterocycles. The molecule has 15 heteroatoms. The standard InChI is InChI=1S/C22H16F7N3O5/c1-35-16-7-12(37-22(27,28)29)2-4-14(16)36-15-5-3-13(21(24,25)26)18(23)17(15)20(34)32-11-6-10(19(30)33)8-31-9-11/h2-5,7-10H,6H2,1H3,(H2,30,33)(H,32,34). The Bertz CT molecular complexity index is 1270. The monoisotopic (exact) mass is 535 g/mol. The van der Waals surface area contributed by atoms with Gasteiger partial charge in [0.1, 0.15) is 17.1 Å². The summed E-state index contributed by atoms with van der Waals surface area (Å²) < 4.78 is 107. The first-order valence-corrected chi connectivity index (χ1v) is 10.0. The summed E-state index contributed by atoms with van der Waals surface area (Å²) in [5.74, 6) is -7.26. The minimum Gasteiger partial charge on any atom is -0.493 e. The number of hydrogen-bond donors (Lipinski definition) is 2. The second-order valence-corrected chi connectivity index (χ2v) is 7.38. The van der Waals surface area contributed by atoms with Gasteiger partial charge in [0.2, 0.25) is 5.91 Å². The first-order valence-electron chi connectivity index (χ1n) is 10.0. The maximum absolute atomic E-state index is 15.0. The Hall–Kier alpha value is -4.30. The number of aliphatic imine (C=N–C) groups is 1. The largest absolute Gasteiger partial charge is 0.573 e. The molecular weight excluding hydrogens is 519 g/mol. The van der Waals surface area contributed by atoms with E-state index in [-0.39, 0.29) is 23.6 Å². The van der Waals surface area contributed by atoms with Gasteiger partial charge in [-0.15, -0.1) is 13.2 Å². The van der Waals surface area contributed by atoms with Crippen LogP contribution in [0.25, 0.3) is 0 Å². The van der Waals surface area contributed by atoms with E-state index in [9.17, 15) is 35.9 Å². The summed E-state index contributed by atoms with van der Waals surface area (Å²) in [6.07, 6.45) is -8.10. The third-order valence-corrected chi connectivity index (χ3v) is 4.80. The zero-order chi connectivity index (χ0) is 27.5. The average Bonchev–Trinajstić information content (AvgIpc) is 2.78. The van der Waals surface area contributed by atoms with Gasteiger partial charge in [-0.3, -0.25) is 14.6 Å². The summed E-state index contributed by atoms with van der Waals surface area (Å²) in [6.45, 7) is 0. The van der Waals surface area contributed by atoms with Crippen LogP contribution in [-0.4, -0.2) is 31.5 Å². The number of nitrogens with two attached hydrogens (primary N) is 1. The van der Waals surface area contributed by atoms with E-state index in [0.717, 1.165) is 31.5 Å². The molecule has 1 aliphatic rings. The van der Waals surface area contributed by atoms with Gasteiger partial charge >= 0.3 is 12.5 Å². The number of amides is 2. The minimum atomic E-state index is -5.18. The van der Waals surface area contributed by atoms with Gasteiger partial charge in [-0.2, -0.15) is 13.2 Å². The highest BCUT2D eigenvalue weighted by atomic mass is 19.4. The predicted molar refractivity (Wildman–Crippen MR) is 112 cm³/mol. The van der Waals surface area contributed by atoms with E-state index in [1.807, 2.05) is 0 Å². The lowest BCUT2D eigenvalue weighted by molar-refractivity contribution is -0.274. The van der Waals surface area contributed by atoms with E-state index in [1.165, 1.54) is 6.21 Å². The third-order valence-electron chi connectivity index (χ3n) is 4.80. The number of carbonyl (C=O) groups is 2. The summed E-state index contributed by atoms with van der Waals surface area (Å²) in [5.41, 5.74) is 2.17. The summed E-state index contributed by atoms with van der Waals surface area (Å²) in [6, 6.07) is 3.45. The Morgan fingerprint density at radius 1 is 1.05 bits per heavy atom. The van der Waals surface area contributed by atoms with Crippen LogP contribution < -0.4 is 25.3 Å². The van der Waals surface area contributed by atoms with Crippen LogP contribution >= 0.6 is 0 Å². The molecule has 0 spiro atoms. The molecule has 198 valence electrons. The molecular formula is C22H16F7N3O5. The molecule has 8 nitrogen and oxygen atoms in total. The fourth-order valence-electron chi connectivity index (χ4n) is 3.17. The number of allylic oxidation sites excluding steroid dienone is 1. The van der Waals surface area contributed by atoms with Crippen molar-refractivity contribution in [2.24, 2.45) is 16.6 Å². The van der Waals surface area contributed by atoms with Crippen LogP contribution in [0.2, 0.25) is 0 Å². The molecule has 0 bridgehead atoms. The number of methoxy groups -OCH3 is 1. The number of nitrogens with zero attached hydrogens (tertiary/aromatic N) is 1. The maximum Gasteiger partial charge on any atom is 0.573 e. The molecule has 1 unspecified atom stereocenters. The maximum atomic E-state index is 15.0. The minimum absolute atomic E-state index is 0.0507. The number of hydrogen-bond acceptors (Lipinski definition) is 6. The second-order valence-electron chi connectivity index (χ2n) is 7.38. The highest BCUT2D eigenvalue weighted by molar-refractivity contribution is 5.99. The lowest BCUT2D eigenvalue weighted by atomic mass is 10.0. The second kappa shape index (κ2) is 10.4. The Morgan fingerprint density at radius 2 is 1.73 bits per heavy atom. The van der Waals surface area contributed by atoms with Gasteiger partial charge in [0, 0.05) is 30.6 Å². The molecule has 0 aliphatic carbocycles. The SMILES string of the molecule is COc1cc(OC(F)(F)F)ccc1Oc1ccc(C(F)(F)F)c(F)c1C(=O)NC1=CN=CC(C(N)=O)C1. The van der Waals surface area contributed by atoms with Crippen LogP contribution in [0.15, 0.2) is 47.2 Å². The number of primary amides is 1. The molecule has 3 N–H and O–H groups in total. The predicted octanol–water partition coefficient (Wildman–Crippen LogP) is 4.69. The zero-order valence-corrected chi connectivity index (χ0v) is 18.5. The molecule has 1 aliphatic heterocycles.